The van der Waals surface area contributed by atoms with E-state index in [1.165, 1.54) is 0 Å². The molecule has 0 radical (unpaired) electrons. The summed E-state index contributed by atoms with van der Waals surface area (Å²) >= 11 is 0. The molecule has 0 aromatic heterocycles. The lowest BCUT2D eigenvalue weighted by molar-refractivity contribution is -0.0896. The van der Waals surface area contributed by atoms with Gasteiger partial charge in [0.2, 0.25) is 0 Å². The summed E-state index contributed by atoms with van der Waals surface area (Å²) in [5, 5.41) is 0. The van der Waals surface area contributed by atoms with E-state index in [9.17, 15) is 0 Å². The molecule has 5 nitrogen and oxygen atoms in total. The Bertz CT molecular complexity index is 599. The Morgan fingerprint density at radius 3 is 2.00 bits per heavy atom. The Morgan fingerprint density at radius 1 is 0.923 bits per heavy atom. The van der Waals surface area contributed by atoms with Gasteiger partial charge in [-0.15, -0.1) is 0 Å². The van der Waals surface area contributed by atoms with Gasteiger partial charge >= 0.3 is 0 Å². The molecule has 0 spiro atoms. The van der Waals surface area contributed by atoms with E-state index < -0.39 is 0 Å². The van der Waals surface area contributed by atoms with Crippen molar-refractivity contribution in [2.24, 2.45) is 0 Å². The molecule has 26 heavy (non-hydrogen) atoms. The van der Waals surface area contributed by atoms with Gasteiger partial charge in [-0.25, -0.2) is 0 Å². The maximum atomic E-state index is 6.20. The molecule has 3 fully saturated rings. The maximum Gasteiger partial charge on any atom is 0.185 e. The minimum Gasteiger partial charge on any atom is -0.490 e. The van der Waals surface area contributed by atoms with Crippen molar-refractivity contribution in [3.63, 3.8) is 0 Å². The molecule has 1 aromatic carbocycles. The van der Waals surface area contributed by atoms with Gasteiger partial charge < -0.3 is 18.9 Å². The highest BCUT2D eigenvalue weighted by atomic mass is 16.7. The van der Waals surface area contributed by atoms with Gasteiger partial charge in [0.05, 0.1) is 30.5 Å². The molecule has 3 aliphatic rings. The monoisotopic (exact) mass is 361 g/mol. The summed E-state index contributed by atoms with van der Waals surface area (Å²) in [6.45, 7) is 12.3. The van der Waals surface area contributed by atoms with E-state index in [0.717, 1.165) is 50.5 Å². The van der Waals surface area contributed by atoms with E-state index in [2.05, 4.69) is 44.7 Å². The Hall–Kier alpha value is -1.14. The number of piperidine rings is 1. The lowest BCUT2D eigenvalue weighted by Crippen LogP contribution is -2.52. The van der Waals surface area contributed by atoms with Crippen LogP contribution in [0.4, 0.5) is 0 Å². The van der Waals surface area contributed by atoms with Gasteiger partial charge in [0.1, 0.15) is 11.9 Å². The molecule has 3 aliphatic heterocycles. The van der Waals surface area contributed by atoms with Crippen LogP contribution in [0, 0.1) is 0 Å². The summed E-state index contributed by atoms with van der Waals surface area (Å²) in [6.07, 6.45) is 2.14. The standard InChI is InChI=1S/C21H31NO4/c1-20(2)21(3,4)26-19(25-20)15-5-7-17(8-6-15)24-18-9-11-22(12-10-18)16-13-23-14-16/h5-8,16,18-19H,9-14H2,1-4H3. The van der Waals surface area contributed by atoms with Crippen LogP contribution in [-0.4, -0.2) is 54.6 Å². The lowest BCUT2D eigenvalue weighted by atomic mass is 9.90. The molecule has 3 saturated heterocycles. The van der Waals surface area contributed by atoms with Crippen LogP contribution < -0.4 is 4.74 Å². The Labute approximate surface area is 156 Å². The van der Waals surface area contributed by atoms with Crippen molar-refractivity contribution in [3.8, 4) is 5.75 Å². The molecule has 0 aliphatic carbocycles. The molecule has 3 heterocycles. The van der Waals surface area contributed by atoms with Crippen molar-refractivity contribution in [2.45, 2.75) is 70.2 Å². The van der Waals surface area contributed by atoms with Gasteiger partial charge in [0.25, 0.3) is 0 Å². The van der Waals surface area contributed by atoms with E-state index in [1.807, 2.05) is 12.1 Å². The average Bonchev–Trinajstić information content (AvgIpc) is 2.76. The third-order valence-electron chi connectivity index (χ3n) is 6.32. The third kappa shape index (κ3) is 3.50. The average molecular weight is 361 g/mol. The highest BCUT2D eigenvalue weighted by Crippen LogP contribution is 2.44. The van der Waals surface area contributed by atoms with Crippen LogP contribution in [0.5, 0.6) is 5.75 Å². The van der Waals surface area contributed by atoms with E-state index in [0.29, 0.717) is 12.1 Å². The zero-order chi connectivity index (χ0) is 18.4. The van der Waals surface area contributed by atoms with Crippen molar-refractivity contribution in [1.29, 1.82) is 0 Å². The maximum absolute atomic E-state index is 6.20. The predicted octanol–water partition coefficient (Wildman–Crippen LogP) is 3.53. The number of rotatable bonds is 4. The fourth-order valence-corrected chi connectivity index (χ4v) is 3.67. The van der Waals surface area contributed by atoms with E-state index in [1.54, 1.807) is 0 Å². The predicted molar refractivity (Wildman–Crippen MR) is 99.3 cm³/mol. The van der Waals surface area contributed by atoms with E-state index >= 15 is 0 Å². The summed E-state index contributed by atoms with van der Waals surface area (Å²) in [7, 11) is 0. The van der Waals surface area contributed by atoms with Gasteiger partial charge in [-0.3, -0.25) is 4.90 Å². The quantitative estimate of drug-likeness (QED) is 0.820. The number of hydrogen-bond donors (Lipinski definition) is 0. The molecule has 1 aromatic rings. The van der Waals surface area contributed by atoms with Crippen LogP contribution in [-0.2, 0) is 14.2 Å². The van der Waals surface area contributed by atoms with Crippen molar-refractivity contribution in [1.82, 2.24) is 4.90 Å². The van der Waals surface area contributed by atoms with Crippen molar-refractivity contribution < 1.29 is 18.9 Å². The topological polar surface area (TPSA) is 40.2 Å². The highest BCUT2D eigenvalue weighted by Gasteiger charge is 2.49. The summed E-state index contributed by atoms with van der Waals surface area (Å²) in [4.78, 5) is 2.53. The first-order chi connectivity index (χ1) is 12.3. The molecular weight excluding hydrogens is 330 g/mol. The molecule has 0 unspecified atom stereocenters. The van der Waals surface area contributed by atoms with Crippen LogP contribution in [0.1, 0.15) is 52.4 Å². The van der Waals surface area contributed by atoms with Crippen molar-refractivity contribution in [3.05, 3.63) is 29.8 Å². The summed E-state index contributed by atoms with van der Waals surface area (Å²) in [5.41, 5.74) is 0.411. The Morgan fingerprint density at radius 2 is 1.50 bits per heavy atom. The second kappa shape index (κ2) is 6.79. The number of hydrogen-bond acceptors (Lipinski definition) is 5. The van der Waals surface area contributed by atoms with Gasteiger partial charge in [0.15, 0.2) is 6.29 Å². The fraction of sp³-hybridized carbons (Fsp3) is 0.714. The molecule has 0 saturated carbocycles. The minimum atomic E-state index is -0.318. The van der Waals surface area contributed by atoms with Gasteiger partial charge in [0, 0.05) is 18.7 Å². The summed E-state index contributed by atoms with van der Waals surface area (Å²) < 4.78 is 23.7. The van der Waals surface area contributed by atoms with Crippen molar-refractivity contribution in [2.75, 3.05) is 26.3 Å². The van der Waals surface area contributed by atoms with Crippen LogP contribution in [0.25, 0.3) is 0 Å². The number of benzene rings is 1. The molecule has 4 rings (SSSR count). The van der Waals surface area contributed by atoms with Crippen LogP contribution in [0.3, 0.4) is 0 Å². The largest absolute Gasteiger partial charge is 0.490 e. The lowest BCUT2D eigenvalue weighted by Gasteiger charge is -2.41. The Kier molecular flexibility index (Phi) is 4.76. The fourth-order valence-electron chi connectivity index (χ4n) is 3.67. The van der Waals surface area contributed by atoms with E-state index in [4.69, 9.17) is 18.9 Å². The summed E-state index contributed by atoms with van der Waals surface area (Å²) in [6, 6.07) is 8.81. The first-order valence-electron chi connectivity index (χ1n) is 9.78. The van der Waals surface area contributed by atoms with Gasteiger partial charge in [-0.05, 0) is 52.7 Å². The molecule has 0 N–H and O–H groups in total. The first kappa shape index (κ1) is 18.2. The summed E-state index contributed by atoms with van der Waals surface area (Å²) in [5.74, 6) is 0.927. The molecule has 144 valence electrons. The SMILES string of the molecule is CC1(C)OC(c2ccc(OC3CCN(C4COC4)CC3)cc2)OC1(C)C. The molecular formula is C21H31NO4. The van der Waals surface area contributed by atoms with Gasteiger partial charge in [-0.2, -0.15) is 0 Å². The number of nitrogens with zero attached hydrogens (tertiary/aromatic N) is 1. The first-order valence-corrected chi connectivity index (χ1v) is 9.78. The van der Waals surface area contributed by atoms with Crippen LogP contribution >= 0.6 is 0 Å². The molecule has 0 amide bonds. The molecule has 0 bridgehead atoms. The second-order valence-electron chi connectivity index (χ2n) is 8.70. The van der Waals surface area contributed by atoms with Crippen LogP contribution in [0.2, 0.25) is 0 Å². The highest BCUT2D eigenvalue weighted by molar-refractivity contribution is 5.29. The van der Waals surface area contributed by atoms with Crippen LogP contribution in [0.15, 0.2) is 24.3 Å². The third-order valence-corrected chi connectivity index (χ3v) is 6.32. The Balaban J connectivity index is 1.31. The molecule has 5 heteroatoms. The second-order valence-corrected chi connectivity index (χ2v) is 8.70. The smallest absolute Gasteiger partial charge is 0.185 e. The number of ether oxygens (including phenoxy) is 4. The normalized spacial score (nSPS) is 27.4. The zero-order valence-electron chi connectivity index (χ0n) is 16.4. The number of likely N-dealkylation sites (tertiary alicyclic amines) is 1. The minimum absolute atomic E-state index is 0.301. The zero-order valence-corrected chi connectivity index (χ0v) is 16.4. The molecule has 0 atom stereocenters. The van der Waals surface area contributed by atoms with E-state index in [-0.39, 0.29) is 17.5 Å². The van der Waals surface area contributed by atoms with Gasteiger partial charge in [-0.1, -0.05) is 12.1 Å². The van der Waals surface area contributed by atoms with Crippen molar-refractivity contribution >= 4 is 0 Å².